The van der Waals surface area contributed by atoms with Crippen LogP contribution in [0.3, 0.4) is 0 Å². The summed E-state index contributed by atoms with van der Waals surface area (Å²) in [6.07, 6.45) is 4.97. The minimum absolute atomic E-state index is 0. The van der Waals surface area contributed by atoms with E-state index in [4.69, 9.17) is 16.5 Å². The molecule has 7 nitrogen and oxygen atoms in total. The molecule has 1 aliphatic rings. The second kappa shape index (κ2) is 9.13. The molecule has 0 unspecified atom stereocenters. The second-order valence-corrected chi connectivity index (χ2v) is 8.92. The average Bonchev–Trinajstić information content (AvgIpc) is 3.19. The normalized spacial score (nSPS) is 17.2. The van der Waals surface area contributed by atoms with Crippen LogP contribution in [0.25, 0.3) is 44.3 Å². The van der Waals surface area contributed by atoms with Crippen molar-refractivity contribution < 1.29 is 37.5 Å². The summed E-state index contributed by atoms with van der Waals surface area (Å²) in [6.45, 7) is 2.07. The van der Waals surface area contributed by atoms with E-state index in [0.29, 0.717) is 18.7 Å². The molecule has 5 aromatic rings. The van der Waals surface area contributed by atoms with Crippen molar-refractivity contribution in [3.63, 3.8) is 0 Å². The Kier molecular flexibility index (Phi) is 6.15. The summed E-state index contributed by atoms with van der Waals surface area (Å²) in [7, 11) is 0. The number of nitrogen functional groups attached to an aromatic ring is 1. The topological polar surface area (TPSA) is 113 Å². The molecule has 1 fully saturated rings. The van der Waals surface area contributed by atoms with E-state index < -0.39 is 0 Å². The largest absolute Gasteiger partial charge is 0.383 e. The molecular formula is C27H23N6OY-. The molecule has 0 aliphatic heterocycles. The number of hydrogen-bond acceptors (Lipinski definition) is 5. The van der Waals surface area contributed by atoms with Gasteiger partial charge in [-0.1, -0.05) is 42.0 Å². The Morgan fingerprint density at radius 3 is 2.60 bits per heavy atom. The monoisotopic (exact) mass is 536 g/mol. The summed E-state index contributed by atoms with van der Waals surface area (Å²) >= 11 is 0. The summed E-state index contributed by atoms with van der Waals surface area (Å²) < 4.78 is 2.12. The number of fused-ring (bicyclic) bond motifs is 2. The minimum atomic E-state index is -0.246. The Labute approximate surface area is 227 Å². The van der Waals surface area contributed by atoms with Gasteiger partial charge in [0.15, 0.2) is 0 Å². The first kappa shape index (κ1) is 23.6. The SMILES string of the molecule is Cc1c(-c2cn(C3CC(C(N)=O)C3)c3ncnc(N)c23)ccc2[c-]cc(-c3ccccc3)nc12.[Y]. The van der Waals surface area contributed by atoms with E-state index in [9.17, 15) is 4.79 Å². The number of primary amides is 1. The summed E-state index contributed by atoms with van der Waals surface area (Å²) in [5, 5.41) is 1.77. The van der Waals surface area contributed by atoms with Crippen molar-refractivity contribution in [2.45, 2.75) is 25.8 Å². The first-order valence-corrected chi connectivity index (χ1v) is 11.3. The first-order valence-electron chi connectivity index (χ1n) is 11.3. The van der Waals surface area contributed by atoms with E-state index in [1.807, 2.05) is 42.5 Å². The number of hydrogen-bond donors (Lipinski definition) is 2. The van der Waals surface area contributed by atoms with Crippen LogP contribution in [-0.4, -0.2) is 25.4 Å². The van der Waals surface area contributed by atoms with Gasteiger partial charge >= 0.3 is 0 Å². The molecular weight excluding hydrogens is 513 g/mol. The van der Waals surface area contributed by atoms with Gasteiger partial charge in [-0.2, -0.15) is 0 Å². The molecule has 1 amide bonds. The quantitative estimate of drug-likeness (QED) is 0.330. The van der Waals surface area contributed by atoms with E-state index >= 15 is 0 Å². The van der Waals surface area contributed by atoms with E-state index in [1.54, 1.807) is 0 Å². The molecule has 2 aromatic carbocycles. The van der Waals surface area contributed by atoms with Gasteiger partial charge in [-0.3, -0.25) is 4.79 Å². The van der Waals surface area contributed by atoms with Crippen LogP contribution < -0.4 is 11.5 Å². The van der Waals surface area contributed by atoms with Crippen LogP contribution >= 0.6 is 0 Å². The maximum Gasteiger partial charge on any atom is 0.220 e. The number of rotatable bonds is 4. The molecule has 8 heteroatoms. The third-order valence-electron chi connectivity index (χ3n) is 6.93. The maximum atomic E-state index is 11.6. The van der Waals surface area contributed by atoms with Gasteiger partial charge in [-0.05, 0) is 42.1 Å². The van der Waals surface area contributed by atoms with E-state index in [1.165, 1.54) is 6.33 Å². The number of nitrogens with two attached hydrogens (primary N) is 2. The number of anilines is 1. The van der Waals surface area contributed by atoms with Gasteiger partial charge in [0.25, 0.3) is 0 Å². The van der Waals surface area contributed by atoms with Crippen LogP contribution in [0.2, 0.25) is 0 Å². The van der Waals surface area contributed by atoms with E-state index in [-0.39, 0.29) is 50.6 Å². The number of pyridine rings is 1. The molecule has 4 N–H and O–H groups in total. The maximum absolute atomic E-state index is 11.6. The number of aryl methyl sites for hydroxylation is 1. The Morgan fingerprint density at radius 2 is 1.86 bits per heavy atom. The molecule has 0 atom stereocenters. The molecule has 3 heterocycles. The number of amides is 1. The first-order chi connectivity index (χ1) is 16.5. The molecule has 3 aromatic heterocycles. The van der Waals surface area contributed by atoms with Crippen LogP contribution in [0.5, 0.6) is 0 Å². The van der Waals surface area contributed by atoms with Gasteiger partial charge in [0.2, 0.25) is 5.91 Å². The zero-order chi connectivity index (χ0) is 23.4. The third kappa shape index (κ3) is 3.93. The molecule has 6 rings (SSSR count). The van der Waals surface area contributed by atoms with Crippen LogP contribution in [0, 0.1) is 18.9 Å². The molecule has 171 valence electrons. The fourth-order valence-corrected chi connectivity index (χ4v) is 4.95. The van der Waals surface area contributed by atoms with Crippen LogP contribution in [0.15, 0.2) is 61.1 Å². The Bertz CT molecular complexity index is 1570. The van der Waals surface area contributed by atoms with Crippen LogP contribution in [0.4, 0.5) is 5.82 Å². The molecule has 0 bridgehead atoms. The molecule has 35 heavy (non-hydrogen) atoms. The molecule has 0 saturated heterocycles. The van der Waals surface area contributed by atoms with Crippen molar-refractivity contribution in [3.05, 3.63) is 72.7 Å². The van der Waals surface area contributed by atoms with Gasteiger partial charge in [-0.25, -0.2) is 9.97 Å². The number of carbonyl (C=O) groups excluding carboxylic acids is 1. The number of benzene rings is 2. The minimum Gasteiger partial charge on any atom is -0.383 e. The Morgan fingerprint density at radius 1 is 1.09 bits per heavy atom. The van der Waals surface area contributed by atoms with E-state index in [0.717, 1.165) is 49.9 Å². The zero-order valence-electron chi connectivity index (χ0n) is 19.3. The fourth-order valence-electron chi connectivity index (χ4n) is 4.95. The standard InChI is InChI=1S/C27H23N6O.Y/c1-15-20(9-7-17-8-10-22(32-24(15)17)16-5-3-2-4-6-16)21-13-33(19-11-18(12-19)26(29)34)27-23(21)25(28)30-14-31-27;/h2-7,9-10,13-14,18-19H,11-12H2,1H3,(H2,29,34)(H2,28,30,31);/q-1;. The summed E-state index contributed by atoms with van der Waals surface area (Å²) in [4.78, 5) is 25.3. The summed E-state index contributed by atoms with van der Waals surface area (Å²) in [5.41, 5.74) is 18.5. The molecule has 1 saturated carbocycles. The van der Waals surface area contributed by atoms with Crippen LogP contribution in [0.1, 0.15) is 24.4 Å². The number of nitrogens with zero attached hydrogens (tertiary/aromatic N) is 4. The predicted octanol–water partition coefficient (Wildman–Crippen LogP) is 4.44. The Balaban J connectivity index is 0.00000253. The van der Waals surface area contributed by atoms with Gasteiger partial charge in [0, 0.05) is 56.4 Å². The molecule has 1 radical (unpaired) electrons. The van der Waals surface area contributed by atoms with E-state index in [2.05, 4.69) is 39.8 Å². The van der Waals surface area contributed by atoms with Crippen molar-refractivity contribution in [1.29, 1.82) is 0 Å². The van der Waals surface area contributed by atoms with Gasteiger partial charge in [0.1, 0.15) is 17.8 Å². The smallest absolute Gasteiger partial charge is 0.220 e. The van der Waals surface area contributed by atoms with Gasteiger partial charge in [-0.15, -0.1) is 23.6 Å². The van der Waals surface area contributed by atoms with Crippen molar-refractivity contribution in [3.8, 4) is 22.4 Å². The van der Waals surface area contributed by atoms with Crippen LogP contribution in [-0.2, 0) is 37.5 Å². The number of aromatic nitrogens is 4. The van der Waals surface area contributed by atoms with Crippen molar-refractivity contribution in [2.75, 3.05) is 5.73 Å². The van der Waals surface area contributed by atoms with Gasteiger partial charge in [0.05, 0.1) is 5.39 Å². The Hall–Kier alpha value is -3.16. The summed E-state index contributed by atoms with van der Waals surface area (Å²) in [5.74, 6) is 0.0919. The average molecular weight is 536 g/mol. The molecule has 0 spiro atoms. The second-order valence-electron chi connectivity index (χ2n) is 8.92. The van der Waals surface area contributed by atoms with Crippen molar-refractivity contribution >= 4 is 33.7 Å². The van der Waals surface area contributed by atoms with Crippen molar-refractivity contribution in [1.82, 2.24) is 19.5 Å². The van der Waals surface area contributed by atoms with Gasteiger partial charge < -0.3 is 21.0 Å². The molecule has 1 aliphatic carbocycles. The zero-order valence-corrected chi connectivity index (χ0v) is 22.1. The number of carbonyl (C=O) groups is 1. The fraction of sp³-hybridized carbons (Fsp3) is 0.185. The summed E-state index contributed by atoms with van der Waals surface area (Å²) in [6, 6.07) is 19.7. The third-order valence-corrected chi connectivity index (χ3v) is 6.93. The predicted molar refractivity (Wildman–Crippen MR) is 133 cm³/mol. The van der Waals surface area contributed by atoms with Crippen molar-refractivity contribution in [2.24, 2.45) is 11.7 Å².